The molecule has 2 aliphatic rings. The summed E-state index contributed by atoms with van der Waals surface area (Å²) in [4.78, 5) is 19.3. The molecule has 0 unspecified atom stereocenters. The Hall–Kier alpha value is -2.51. The van der Waals surface area contributed by atoms with Crippen molar-refractivity contribution < 1.29 is 14.3 Å². The van der Waals surface area contributed by atoms with Crippen molar-refractivity contribution in [2.75, 3.05) is 6.61 Å². The molecule has 0 bridgehead atoms. The van der Waals surface area contributed by atoms with Gasteiger partial charge in [0.1, 0.15) is 12.4 Å². The zero-order chi connectivity index (χ0) is 21.1. The third-order valence-electron chi connectivity index (χ3n) is 4.83. The van der Waals surface area contributed by atoms with Crippen LogP contribution in [-0.2, 0) is 16.1 Å². The monoisotopic (exact) mass is 484 g/mol. The molecule has 1 atom stereocenters. The van der Waals surface area contributed by atoms with E-state index in [2.05, 4.69) is 20.9 Å². The number of carbonyl (C=O) groups is 1. The van der Waals surface area contributed by atoms with E-state index in [-0.39, 0.29) is 12.0 Å². The van der Waals surface area contributed by atoms with E-state index < -0.39 is 0 Å². The van der Waals surface area contributed by atoms with Crippen LogP contribution in [0.25, 0.3) is 0 Å². The van der Waals surface area contributed by atoms with Gasteiger partial charge in [-0.3, -0.25) is 0 Å². The second-order valence-corrected chi connectivity index (χ2v) is 8.60. The van der Waals surface area contributed by atoms with Crippen LogP contribution in [0.1, 0.15) is 31.0 Å². The molecule has 0 fully saturated rings. The standard InChI is InChI=1S/C23H21BrN2O3S/c1-3-28-22(27)20-15(2)25-23-26(12-13-30-23)21(20)17-6-10-19(11-7-17)29-14-16-4-8-18(24)9-5-16/h4-13,21H,3,14H2,1-2H3/t21-/m1/s1. The Morgan fingerprint density at radius 1 is 1.17 bits per heavy atom. The number of benzene rings is 2. The van der Waals surface area contributed by atoms with Gasteiger partial charge in [-0.2, -0.15) is 0 Å². The molecule has 2 aromatic carbocycles. The van der Waals surface area contributed by atoms with Crippen LogP contribution in [0, 0.1) is 0 Å². The molecule has 0 aliphatic carbocycles. The van der Waals surface area contributed by atoms with Gasteiger partial charge in [0.25, 0.3) is 0 Å². The van der Waals surface area contributed by atoms with E-state index in [4.69, 9.17) is 9.47 Å². The lowest BCUT2D eigenvalue weighted by molar-refractivity contribution is -0.139. The number of fused-ring (bicyclic) bond motifs is 1. The zero-order valence-electron chi connectivity index (χ0n) is 16.7. The van der Waals surface area contributed by atoms with Crippen LogP contribution < -0.4 is 4.74 Å². The molecule has 154 valence electrons. The lowest BCUT2D eigenvalue weighted by Gasteiger charge is -2.33. The molecule has 0 spiro atoms. The Balaban J connectivity index is 1.56. The molecule has 0 radical (unpaired) electrons. The minimum absolute atomic E-state index is 0.275. The van der Waals surface area contributed by atoms with Gasteiger partial charge in [0.2, 0.25) is 0 Å². The SMILES string of the molecule is CCOC(=O)C1=C(C)N=C2SC=CN2[C@@H]1c1ccc(OCc2ccc(Br)cc2)cc1. The van der Waals surface area contributed by atoms with Crippen molar-refractivity contribution in [3.8, 4) is 5.75 Å². The van der Waals surface area contributed by atoms with Crippen LogP contribution in [0.3, 0.4) is 0 Å². The predicted molar refractivity (Wildman–Crippen MR) is 123 cm³/mol. The molecular weight excluding hydrogens is 464 g/mol. The number of aliphatic imine (C=N–C) groups is 1. The van der Waals surface area contributed by atoms with Crippen molar-refractivity contribution in [2.24, 2.45) is 4.99 Å². The van der Waals surface area contributed by atoms with Gasteiger partial charge in [-0.15, -0.1) is 0 Å². The molecule has 2 aliphatic heterocycles. The Bertz CT molecular complexity index is 1030. The molecule has 5 nitrogen and oxygen atoms in total. The Morgan fingerprint density at radius 3 is 2.60 bits per heavy atom. The van der Waals surface area contributed by atoms with Gasteiger partial charge < -0.3 is 14.4 Å². The van der Waals surface area contributed by atoms with Crippen molar-refractivity contribution in [2.45, 2.75) is 26.5 Å². The van der Waals surface area contributed by atoms with Gasteiger partial charge in [0.05, 0.1) is 23.9 Å². The number of ether oxygens (including phenoxy) is 2. The number of thioether (sulfide) groups is 1. The predicted octanol–water partition coefficient (Wildman–Crippen LogP) is 5.80. The van der Waals surface area contributed by atoms with E-state index in [0.717, 1.165) is 26.5 Å². The summed E-state index contributed by atoms with van der Waals surface area (Å²) in [5.41, 5.74) is 3.33. The van der Waals surface area contributed by atoms with Crippen molar-refractivity contribution >= 4 is 38.8 Å². The maximum Gasteiger partial charge on any atom is 0.338 e. The Morgan fingerprint density at radius 2 is 1.90 bits per heavy atom. The van der Waals surface area contributed by atoms with Crippen molar-refractivity contribution in [1.29, 1.82) is 0 Å². The normalized spacial score (nSPS) is 17.6. The maximum atomic E-state index is 12.7. The molecule has 0 saturated carbocycles. The summed E-state index contributed by atoms with van der Waals surface area (Å²) in [6.07, 6.45) is 1.96. The van der Waals surface area contributed by atoms with Gasteiger partial charge in [0, 0.05) is 10.7 Å². The molecule has 0 N–H and O–H groups in total. The summed E-state index contributed by atoms with van der Waals surface area (Å²) in [5, 5.41) is 2.84. The smallest absolute Gasteiger partial charge is 0.338 e. The van der Waals surface area contributed by atoms with Crippen LogP contribution in [0.15, 0.2) is 80.9 Å². The van der Waals surface area contributed by atoms with Crippen LogP contribution >= 0.6 is 27.7 Å². The molecule has 2 aromatic rings. The Labute approximate surface area is 188 Å². The third kappa shape index (κ3) is 4.32. The van der Waals surface area contributed by atoms with Gasteiger partial charge in [-0.05, 0) is 54.6 Å². The van der Waals surface area contributed by atoms with Gasteiger partial charge in [-0.1, -0.05) is 52.0 Å². The Kier molecular flexibility index (Phi) is 6.29. The molecule has 0 amide bonds. The average Bonchev–Trinajstić information content (AvgIpc) is 3.21. The van der Waals surface area contributed by atoms with Crippen molar-refractivity contribution in [3.63, 3.8) is 0 Å². The van der Waals surface area contributed by atoms with Gasteiger partial charge in [-0.25, -0.2) is 9.79 Å². The third-order valence-corrected chi connectivity index (χ3v) is 6.13. The van der Waals surface area contributed by atoms with E-state index >= 15 is 0 Å². The molecule has 0 saturated heterocycles. The van der Waals surface area contributed by atoms with Crippen molar-refractivity contribution in [1.82, 2.24) is 4.90 Å². The first-order valence-electron chi connectivity index (χ1n) is 9.62. The van der Waals surface area contributed by atoms with E-state index in [1.54, 1.807) is 11.8 Å². The highest BCUT2D eigenvalue weighted by molar-refractivity contribution is 9.10. The number of amidine groups is 1. The van der Waals surface area contributed by atoms with E-state index in [1.807, 2.05) is 78.9 Å². The first kappa shape index (κ1) is 20.8. The molecule has 4 rings (SSSR count). The molecule has 7 heteroatoms. The largest absolute Gasteiger partial charge is 0.489 e. The zero-order valence-corrected chi connectivity index (χ0v) is 19.1. The fraction of sp³-hybridized carbons (Fsp3) is 0.217. The van der Waals surface area contributed by atoms with Crippen LogP contribution in [0.5, 0.6) is 5.75 Å². The van der Waals surface area contributed by atoms with E-state index in [9.17, 15) is 4.79 Å². The summed E-state index contributed by atoms with van der Waals surface area (Å²) >= 11 is 4.99. The second-order valence-electron chi connectivity index (χ2n) is 6.81. The molecular formula is C23H21BrN2O3S. The summed E-state index contributed by atoms with van der Waals surface area (Å²) in [6, 6.07) is 15.6. The highest BCUT2D eigenvalue weighted by Gasteiger charge is 2.37. The number of carbonyl (C=O) groups excluding carboxylic acids is 1. The number of allylic oxidation sites excluding steroid dienone is 1. The molecule has 2 heterocycles. The van der Waals surface area contributed by atoms with Crippen LogP contribution in [-0.4, -0.2) is 22.6 Å². The van der Waals surface area contributed by atoms with E-state index in [0.29, 0.717) is 24.5 Å². The number of hydrogen-bond donors (Lipinski definition) is 0. The first-order chi connectivity index (χ1) is 14.6. The van der Waals surface area contributed by atoms with Gasteiger partial charge in [0.15, 0.2) is 5.17 Å². The fourth-order valence-electron chi connectivity index (χ4n) is 3.39. The number of esters is 1. The summed E-state index contributed by atoms with van der Waals surface area (Å²) in [6.45, 7) is 4.49. The average molecular weight is 485 g/mol. The van der Waals surface area contributed by atoms with Crippen LogP contribution in [0.4, 0.5) is 0 Å². The minimum Gasteiger partial charge on any atom is -0.489 e. The molecule has 30 heavy (non-hydrogen) atoms. The number of hydrogen-bond acceptors (Lipinski definition) is 6. The number of halogens is 1. The first-order valence-corrected chi connectivity index (χ1v) is 11.3. The highest BCUT2D eigenvalue weighted by atomic mass is 79.9. The van der Waals surface area contributed by atoms with E-state index in [1.165, 1.54) is 0 Å². The topological polar surface area (TPSA) is 51.1 Å². The second kappa shape index (κ2) is 9.10. The van der Waals surface area contributed by atoms with Crippen molar-refractivity contribution in [3.05, 3.63) is 87.0 Å². The highest BCUT2D eigenvalue weighted by Crippen LogP contribution is 2.41. The fourth-order valence-corrected chi connectivity index (χ4v) is 4.45. The lowest BCUT2D eigenvalue weighted by Crippen LogP contribution is -2.34. The lowest BCUT2D eigenvalue weighted by atomic mass is 9.95. The summed E-state index contributed by atoms with van der Waals surface area (Å²) in [7, 11) is 0. The summed E-state index contributed by atoms with van der Waals surface area (Å²) < 4.78 is 12.3. The maximum absolute atomic E-state index is 12.7. The van der Waals surface area contributed by atoms with Crippen LogP contribution in [0.2, 0.25) is 0 Å². The summed E-state index contributed by atoms with van der Waals surface area (Å²) in [5.74, 6) is 0.444. The minimum atomic E-state index is -0.330. The quantitative estimate of drug-likeness (QED) is 0.485. The number of rotatable bonds is 6. The number of nitrogens with zero attached hydrogens (tertiary/aromatic N) is 2. The molecule has 0 aromatic heterocycles. The van der Waals surface area contributed by atoms with Gasteiger partial charge >= 0.3 is 5.97 Å².